The van der Waals surface area contributed by atoms with E-state index in [1.807, 2.05) is 50.2 Å². The van der Waals surface area contributed by atoms with E-state index in [0.29, 0.717) is 23.5 Å². The van der Waals surface area contributed by atoms with Crippen LogP contribution in [0.3, 0.4) is 0 Å². The zero-order valence-corrected chi connectivity index (χ0v) is 16.5. The largest absolute Gasteiger partial charge is 0.494 e. The Hall–Kier alpha value is -3.88. The molecule has 1 amide bonds. The first kappa shape index (κ1) is 19.4. The van der Waals surface area contributed by atoms with Crippen molar-refractivity contribution in [1.82, 2.24) is 20.0 Å². The quantitative estimate of drug-likeness (QED) is 0.500. The monoisotopic (exact) mass is 408 g/mol. The van der Waals surface area contributed by atoms with Crippen molar-refractivity contribution < 1.29 is 18.5 Å². The van der Waals surface area contributed by atoms with Crippen LogP contribution in [-0.4, -0.2) is 27.2 Å². The Bertz CT molecular complexity index is 1250. The van der Waals surface area contributed by atoms with Crippen molar-refractivity contribution in [3.05, 3.63) is 75.9 Å². The smallest absolute Gasteiger partial charge is 0.420 e. The van der Waals surface area contributed by atoms with Crippen LogP contribution in [-0.2, 0) is 13.1 Å². The highest BCUT2D eigenvalue weighted by molar-refractivity contribution is 5.89. The Morgan fingerprint density at radius 2 is 2.07 bits per heavy atom. The molecule has 0 saturated heterocycles. The van der Waals surface area contributed by atoms with E-state index >= 15 is 0 Å². The summed E-state index contributed by atoms with van der Waals surface area (Å²) in [4.78, 5) is 28.7. The maximum atomic E-state index is 12.4. The summed E-state index contributed by atoms with van der Waals surface area (Å²) in [5.74, 6) is -0.329. The molecule has 0 unspecified atom stereocenters. The molecule has 0 aliphatic heterocycles. The molecule has 2 heterocycles. The number of rotatable bonds is 7. The molecule has 0 aliphatic rings. The van der Waals surface area contributed by atoms with Gasteiger partial charge in [0.15, 0.2) is 11.4 Å². The van der Waals surface area contributed by atoms with Crippen LogP contribution in [0.5, 0.6) is 5.75 Å². The maximum Gasteiger partial charge on any atom is 0.420 e. The van der Waals surface area contributed by atoms with Crippen molar-refractivity contribution in [2.24, 2.45) is 0 Å². The van der Waals surface area contributed by atoms with Gasteiger partial charge in [0.2, 0.25) is 0 Å². The predicted molar refractivity (Wildman–Crippen MR) is 107 cm³/mol. The fourth-order valence-corrected chi connectivity index (χ4v) is 3.07. The molecule has 9 nitrogen and oxygen atoms in total. The van der Waals surface area contributed by atoms with E-state index in [9.17, 15) is 9.59 Å². The van der Waals surface area contributed by atoms with E-state index in [2.05, 4.69) is 15.5 Å². The van der Waals surface area contributed by atoms with E-state index in [4.69, 9.17) is 13.7 Å². The Balaban J connectivity index is 1.47. The van der Waals surface area contributed by atoms with Crippen LogP contribution >= 0.6 is 0 Å². The number of aryl methyl sites for hydroxylation is 1. The number of hydrogen-bond acceptors (Lipinski definition) is 7. The number of nitrogens with zero attached hydrogens (tertiary/aromatic N) is 3. The van der Waals surface area contributed by atoms with Gasteiger partial charge < -0.3 is 19.0 Å². The molecule has 0 fully saturated rings. The summed E-state index contributed by atoms with van der Waals surface area (Å²) >= 11 is 0. The first-order chi connectivity index (χ1) is 14.5. The van der Waals surface area contributed by atoms with E-state index in [1.165, 1.54) is 4.57 Å². The Kier molecular flexibility index (Phi) is 5.34. The second-order valence-corrected chi connectivity index (χ2v) is 6.66. The molecule has 0 spiro atoms. The van der Waals surface area contributed by atoms with Gasteiger partial charge in [-0.05, 0) is 37.6 Å². The van der Waals surface area contributed by atoms with Crippen molar-refractivity contribution >= 4 is 17.0 Å². The van der Waals surface area contributed by atoms with Gasteiger partial charge in [-0.15, -0.1) is 0 Å². The van der Waals surface area contributed by atoms with Crippen LogP contribution in [0.1, 0.15) is 34.6 Å². The number of carbonyl (C=O) groups excluding carboxylic acids is 1. The van der Waals surface area contributed by atoms with Gasteiger partial charge in [0, 0.05) is 12.1 Å². The third kappa shape index (κ3) is 3.95. The summed E-state index contributed by atoms with van der Waals surface area (Å²) in [6.45, 7) is 4.61. The lowest BCUT2D eigenvalue weighted by Crippen LogP contribution is -2.23. The van der Waals surface area contributed by atoms with Crippen LogP contribution in [0, 0.1) is 6.92 Å². The minimum Gasteiger partial charge on any atom is -0.494 e. The number of carbonyl (C=O) groups is 1. The summed E-state index contributed by atoms with van der Waals surface area (Å²) in [5, 5.41) is 6.54. The molecule has 2 aromatic heterocycles. The summed E-state index contributed by atoms with van der Waals surface area (Å²) in [6, 6.07) is 12.9. The highest BCUT2D eigenvalue weighted by Gasteiger charge is 2.18. The molecule has 0 radical (unpaired) electrons. The Morgan fingerprint density at radius 3 is 2.90 bits per heavy atom. The molecule has 0 saturated carbocycles. The van der Waals surface area contributed by atoms with Crippen molar-refractivity contribution in [2.45, 2.75) is 26.9 Å². The Labute approximate surface area is 171 Å². The van der Waals surface area contributed by atoms with E-state index in [1.54, 1.807) is 6.07 Å². The van der Waals surface area contributed by atoms with Crippen LogP contribution in [0.15, 0.2) is 56.2 Å². The number of benzene rings is 2. The van der Waals surface area contributed by atoms with Crippen molar-refractivity contribution in [2.75, 3.05) is 6.61 Å². The average molecular weight is 408 g/mol. The number of nitrogens with one attached hydrogen (secondary N) is 1. The molecule has 9 heteroatoms. The van der Waals surface area contributed by atoms with Gasteiger partial charge in [0.25, 0.3) is 0 Å². The minimum absolute atomic E-state index is 0.0270. The second-order valence-electron chi connectivity index (χ2n) is 6.66. The normalized spacial score (nSPS) is 11.0. The number of para-hydroxylation sites is 1. The van der Waals surface area contributed by atoms with Crippen LogP contribution in [0.2, 0.25) is 0 Å². The number of fused-ring (bicyclic) bond motifs is 1. The molecule has 0 aliphatic carbocycles. The van der Waals surface area contributed by atoms with Gasteiger partial charge >= 0.3 is 17.6 Å². The van der Waals surface area contributed by atoms with E-state index in [0.717, 1.165) is 11.1 Å². The molecule has 4 aromatic rings. The van der Waals surface area contributed by atoms with Crippen molar-refractivity contribution in [3.8, 4) is 5.75 Å². The molecule has 154 valence electrons. The molecular weight excluding hydrogens is 388 g/mol. The van der Waals surface area contributed by atoms with Crippen LogP contribution < -0.4 is 15.8 Å². The molecule has 0 bridgehead atoms. The SMILES string of the molecule is CCOc1ccccc1CNC(=O)c1nc(Cn2c(=O)oc3ccc(C)cc32)no1. The molecule has 0 atom stereocenters. The van der Waals surface area contributed by atoms with Gasteiger partial charge in [-0.25, -0.2) is 4.79 Å². The summed E-state index contributed by atoms with van der Waals surface area (Å²) in [5.41, 5.74) is 2.92. The van der Waals surface area contributed by atoms with Gasteiger partial charge in [0.1, 0.15) is 5.75 Å². The summed E-state index contributed by atoms with van der Waals surface area (Å²) < 4.78 is 17.2. The van der Waals surface area contributed by atoms with E-state index in [-0.39, 0.29) is 24.8 Å². The molecule has 2 aromatic carbocycles. The number of ether oxygens (including phenoxy) is 1. The first-order valence-electron chi connectivity index (χ1n) is 9.46. The van der Waals surface area contributed by atoms with Crippen molar-refractivity contribution in [3.63, 3.8) is 0 Å². The first-order valence-corrected chi connectivity index (χ1v) is 9.46. The van der Waals surface area contributed by atoms with Gasteiger partial charge in [-0.2, -0.15) is 4.98 Å². The standard InChI is InChI=1S/C21H20N4O5/c1-3-28-16-7-5-4-6-14(16)11-22-19(26)20-23-18(24-30-20)12-25-15-10-13(2)8-9-17(15)29-21(25)27/h4-10H,3,11-12H2,1-2H3,(H,22,26). The number of oxazole rings is 1. The lowest BCUT2D eigenvalue weighted by Gasteiger charge is -2.09. The van der Waals surface area contributed by atoms with Gasteiger partial charge in [0.05, 0.1) is 18.7 Å². The zero-order valence-electron chi connectivity index (χ0n) is 16.5. The maximum absolute atomic E-state index is 12.4. The second kappa shape index (κ2) is 8.24. The number of amides is 1. The van der Waals surface area contributed by atoms with E-state index < -0.39 is 11.7 Å². The molecular formula is C21H20N4O5. The molecule has 4 rings (SSSR count). The van der Waals surface area contributed by atoms with Crippen molar-refractivity contribution in [1.29, 1.82) is 0 Å². The third-order valence-electron chi connectivity index (χ3n) is 4.50. The van der Waals surface area contributed by atoms with Gasteiger partial charge in [-0.1, -0.05) is 29.4 Å². The lowest BCUT2D eigenvalue weighted by atomic mass is 10.2. The Morgan fingerprint density at radius 1 is 1.23 bits per heavy atom. The highest BCUT2D eigenvalue weighted by Crippen LogP contribution is 2.18. The number of aromatic nitrogens is 3. The average Bonchev–Trinajstić information content (AvgIpc) is 3.33. The highest BCUT2D eigenvalue weighted by atomic mass is 16.5. The minimum atomic E-state index is -0.529. The topological polar surface area (TPSA) is 112 Å². The number of hydrogen-bond donors (Lipinski definition) is 1. The third-order valence-corrected chi connectivity index (χ3v) is 4.50. The lowest BCUT2D eigenvalue weighted by molar-refractivity contribution is 0.0906. The predicted octanol–water partition coefficient (Wildman–Crippen LogP) is 2.66. The van der Waals surface area contributed by atoms with Crippen LogP contribution in [0.25, 0.3) is 11.1 Å². The summed E-state index contributed by atoms with van der Waals surface area (Å²) in [7, 11) is 0. The van der Waals surface area contributed by atoms with Crippen LogP contribution in [0.4, 0.5) is 0 Å². The van der Waals surface area contributed by atoms with Gasteiger partial charge in [-0.3, -0.25) is 9.36 Å². The fraction of sp³-hybridized carbons (Fsp3) is 0.238. The summed E-state index contributed by atoms with van der Waals surface area (Å²) in [6.07, 6.45) is 0. The fourth-order valence-electron chi connectivity index (χ4n) is 3.07. The molecule has 30 heavy (non-hydrogen) atoms. The zero-order chi connectivity index (χ0) is 21.1. The molecule has 1 N–H and O–H groups in total.